The molecule has 0 aliphatic rings. The van der Waals surface area contributed by atoms with E-state index in [2.05, 4.69) is 20.3 Å². The van der Waals surface area contributed by atoms with Crippen LogP contribution in [0.15, 0.2) is 51.4 Å². The second kappa shape index (κ2) is 6.47. The van der Waals surface area contributed by atoms with Gasteiger partial charge in [-0.25, -0.2) is 8.78 Å². The lowest BCUT2D eigenvalue weighted by atomic mass is 10.1. The van der Waals surface area contributed by atoms with Crippen LogP contribution in [0.25, 0.3) is 22.8 Å². The zero-order chi connectivity index (χ0) is 18.1. The number of rotatable bonds is 4. The zero-order valence-electron chi connectivity index (χ0n) is 13.6. The molecule has 0 bridgehead atoms. The summed E-state index contributed by atoms with van der Waals surface area (Å²) in [4.78, 5) is 4.14. The summed E-state index contributed by atoms with van der Waals surface area (Å²) in [5.74, 6) is -0.0422. The van der Waals surface area contributed by atoms with Crippen LogP contribution in [0.4, 0.5) is 8.78 Å². The van der Waals surface area contributed by atoms with E-state index in [1.807, 2.05) is 0 Å². The van der Waals surface area contributed by atoms with Crippen LogP contribution in [0, 0.1) is 18.6 Å². The molecule has 0 unspecified atom stereocenters. The number of aromatic nitrogens is 4. The Morgan fingerprint density at radius 3 is 2.62 bits per heavy atom. The van der Waals surface area contributed by atoms with Crippen LogP contribution in [0.5, 0.6) is 0 Å². The smallest absolute Gasteiger partial charge is 0.247 e. The van der Waals surface area contributed by atoms with E-state index < -0.39 is 5.82 Å². The highest BCUT2D eigenvalue weighted by Crippen LogP contribution is 2.23. The molecule has 8 heteroatoms. The van der Waals surface area contributed by atoms with Crippen molar-refractivity contribution in [3.63, 3.8) is 0 Å². The van der Waals surface area contributed by atoms with Crippen LogP contribution < -0.4 is 0 Å². The average molecular weight is 354 g/mol. The lowest BCUT2D eigenvalue weighted by molar-refractivity contribution is 0.373. The SMILES string of the molecule is Cc1ccc(-c2nnc(Cc3nc(-c4ccccc4F)no3)o2)cc1F. The van der Waals surface area contributed by atoms with E-state index in [4.69, 9.17) is 8.94 Å². The van der Waals surface area contributed by atoms with Gasteiger partial charge in [0.15, 0.2) is 0 Å². The van der Waals surface area contributed by atoms with Gasteiger partial charge in [0.05, 0.1) is 5.56 Å². The fraction of sp³-hybridized carbons (Fsp3) is 0.111. The van der Waals surface area contributed by atoms with Gasteiger partial charge in [-0.1, -0.05) is 23.4 Å². The van der Waals surface area contributed by atoms with E-state index >= 15 is 0 Å². The first-order valence-corrected chi connectivity index (χ1v) is 7.76. The van der Waals surface area contributed by atoms with Gasteiger partial charge in [-0.15, -0.1) is 10.2 Å². The summed E-state index contributed by atoms with van der Waals surface area (Å²) in [6, 6.07) is 10.8. The molecule has 2 aromatic carbocycles. The highest BCUT2D eigenvalue weighted by atomic mass is 19.1. The second-order valence-electron chi connectivity index (χ2n) is 5.63. The molecule has 0 saturated heterocycles. The fourth-order valence-electron chi connectivity index (χ4n) is 2.38. The third-order valence-corrected chi connectivity index (χ3v) is 3.77. The molecule has 130 valence electrons. The molecule has 0 aliphatic heterocycles. The summed E-state index contributed by atoms with van der Waals surface area (Å²) in [6.07, 6.45) is 0.0861. The third kappa shape index (κ3) is 3.08. The molecule has 26 heavy (non-hydrogen) atoms. The number of hydrogen-bond donors (Lipinski definition) is 0. The van der Waals surface area contributed by atoms with E-state index in [1.54, 1.807) is 37.3 Å². The van der Waals surface area contributed by atoms with Gasteiger partial charge in [0.2, 0.25) is 23.5 Å². The molecule has 0 saturated carbocycles. The first-order chi connectivity index (χ1) is 12.6. The molecule has 4 rings (SSSR count). The van der Waals surface area contributed by atoms with Crippen molar-refractivity contribution >= 4 is 0 Å². The van der Waals surface area contributed by atoms with E-state index in [9.17, 15) is 8.78 Å². The third-order valence-electron chi connectivity index (χ3n) is 3.77. The number of nitrogens with zero attached hydrogens (tertiary/aromatic N) is 4. The molecule has 0 atom stereocenters. The Labute approximate surface area is 146 Å². The Morgan fingerprint density at radius 1 is 0.962 bits per heavy atom. The molecule has 2 heterocycles. The average Bonchev–Trinajstić information content (AvgIpc) is 3.28. The fourth-order valence-corrected chi connectivity index (χ4v) is 2.38. The minimum absolute atomic E-state index is 0.0861. The maximum absolute atomic E-state index is 13.8. The lowest BCUT2D eigenvalue weighted by Crippen LogP contribution is -1.90. The predicted molar refractivity (Wildman–Crippen MR) is 86.9 cm³/mol. The van der Waals surface area contributed by atoms with E-state index in [1.165, 1.54) is 12.1 Å². The molecule has 0 amide bonds. The van der Waals surface area contributed by atoms with Gasteiger partial charge < -0.3 is 8.94 Å². The van der Waals surface area contributed by atoms with Crippen molar-refractivity contribution in [1.29, 1.82) is 0 Å². The van der Waals surface area contributed by atoms with Crippen LogP contribution in [0.1, 0.15) is 17.3 Å². The largest absolute Gasteiger partial charge is 0.420 e. The molecule has 0 radical (unpaired) electrons. The number of benzene rings is 2. The van der Waals surface area contributed by atoms with Crippen molar-refractivity contribution in [3.05, 3.63) is 71.4 Å². The summed E-state index contributed by atoms with van der Waals surface area (Å²) in [5.41, 5.74) is 1.24. The van der Waals surface area contributed by atoms with E-state index in [0.717, 1.165) is 0 Å². The Balaban J connectivity index is 1.55. The molecule has 0 aliphatic carbocycles. The Hall–Kier alpha value is -3.42. The first-order valence-electron chi connectivity index (χ1n) is 7.76. The van der Waals surface area contributed by atoms with Gasteiger partial charge in [-0.2, -0.15) is 4.98 Å². The van der Waals surface area contributed by atoms with Crippen molar-refractivity contribution in [1.82, 2.24) is 20.3 Å². The van der Waals surface area contributed by atoms with Gasteiger partial charge in [0.25, 0.3) is 0 Å². The van der Waals surface area contributed by atoms with Gasteiger partial charge >= 0.3 is 0 Å². The summed E-state index contributed by atoms with van der Waals surface area (Å²) in [6.45, 7) is 1.67. The first kappa shape index (κ1) is 16.1. The van der Waals surface area contributed by atoms with Gasteiger partial charge in [0.1, 0.15) is 18.1 Å². The van der Waals surface area contributed by atoms with Crippen LogP contribution >= 0.6 is 0 Å². The quantitative estimate of drug-likeness (QED) is 0.552. The van der Waals surface area contributed by atoms with Crippen LogP contribution in [-0.2, 0) is 6.42 Å². The highest BCUT2D eigenvalue weighted by molar-refractivity contribution is 5.55. The molecular formula is C18H12F2N4O2. The van der Waals surface area contributed by atoms with Crippen LogP contribution in [0.2, 0.25) is 0 Å². The monoisotopic (exact) mass is 354 g/mol. The Bertz CT molecular complexity index is 1070. The van der Waals surface area contributed by atoms with Crippen molar-refractivity contribution in [2.45, 2.75) is 13.3 Å². The minimum atomic E-state index is -0.443. The number of halogens is 2. The lowest BCUT2D eigenvalue weighted by Gasteiger charge is -1.98. The molecule has 2 aromatic heterocycles. The summed E-state index contributed by atoms with van der Waals surface area (Å²) >= 11 is 0. The van der Waals surface area contributed by atoms with Crippen molar-refractivity contribution in [2.24, 2.45) is 0 Å². The number of aryl methyl sites for hydroxylation is 1. The van der Waals surface area contributed by atoms with Crippen molar-refractivity contribution in [3.8, 4) is 22.8 Å². The number of hydrogen-bond acceptors (Lipinski definition) is 6. The van der Waals surface area contributed by atoms with Gasteiger partial charge in [-0.05, 0) is 36.8 Å². The molecule has 0 fully saturated rings. The predicted octanol–water partition coefficient (Wildman–Crippen LogP) is 3.96. The van der Waals surface area contributed by atoms with Crippen LogP contribution in [-0.4, -0.2) is 20.3 Å². The summed E-state index contributed by atoms with van der Waals surface area (Å²) in [7, 11) is 0. The maximum atomic E-state index is 13.8. The van der Waals surface area contributed by atoms with Gasteiger partial charge in [0, 0.05) is 5.56 Å². The maximum Gasteiger partial charge on any atom is 0.247 e. The minimum Gasteiger partial charge on any atom is -0.420 e. The molecule has 0 N–H and O–H groups in total. The topological polar surface area (TPSA) is 77.8 Å². The van der Waals surface area contributed by atoms with Crippen LogP contribution in [0.3, 0.4) is 0 Å². The Morgan fingerprint density at radius 2 is 1.81 bits per heavy atom. The zero-order valence-corrected chi connectivity index (χ0v) is 13.6. The molecular weight excluding hydrogens is 342 g/mol. The Kier molecular flexibility index (Phi) is 4.00. The summed E-state index contributed by atoms with van der Waals surface area (Å²) < 4.78 is 38.1. The molecule has 6 nitrogen and oxygen atoms in total. The molecule has 4 aromatic rings. The van der Waals surface area contributed by atoms with Crippen molar-refractivity contribution < 1.29 is 17.7 Å². The second-order valence-corrected chi connectivity index (χ2v) is 5.63. The normalized spacial score (nSPS) is 11.0. The highest BCUT2D eigenvalue weighted by Gasteiger charge is 2.16. The molecule has 0 spiro atoms. The van der Waals surface area contributed by atoms with Crippen molar-refractivity contribution in [2.75, 3.05) is 0 Å². The van der Waals surface area contributed by atoms with E-state index in [-0.39, 0.29) is 41.3 Å². The van der Waals surface area contributed by atoms with E-state index in [0.29, 0.717) is 11.1 Å². The summed E-state index contributed by atoms with van der Waals surface area (Å²) in [5, 5.41) is 11.6. The standard InChI is InChI=1S/C18H12F2N4O2/c1-10-6-7-11(8-14(10)20)18-23-22-16(25-18)9-15-21-17(24-26-15)12-4-2-3-5-13(12)19/h2-8H,9H2,1H3. The van der Waals surface area contributed by atoms with Gasteiger partial charge in [-0.3, -0.25) is 0 Å².